The van der Waals surface area contributed by atoms with Gasteiger partial charge in [0.05, 0.1) is 6.04 Å². The predicted molar refractivity (Wildman–Crippen MR) is 82.7 cm³/mol. The molecule has 3 rings (SSSR count). The van der Waals surface area contributed by atoms with Crippen LogP contribution in [0.3, 0.4) is 0 Å². The number of fused-ring (bicyclic) bond motifs is 1. The van der Waals surface area contributed by atoms with Crippen molar-refractivity contribution in [1.82, 2.24) is 4.90 Å². The molecular formula is C17H24N2O. The van der Waals surface area contributed by atoms with Gasteiger partial charge in [-0.05, 0) is 38.1 Å². The maximum atomic E-state index is 6.05. The lowest BCUT2D eigenvalue weighted by molar-refractivity contribution is 0.166. The third kappa shape index (κ3) is 2.89. The van der Waals surface area contributed by atoms with Crippen LogP contribution in [0.2, 0.25) is 0 Å². The zero-order valence-electron chi connectivity index (χ0n) is 12.1. The average molecular weight is 272 g/mol. The summed E-state index contributed by atoms with van der Waals surface area (Å²) in [7, 11) is 0. The Bertz CT molecular complexity index is 508. The largest absolute Gasteiger partial charge is 0.459 e. The maximum absolute atomic E-state index is 6.05. The normalized spacial score (nSPS) is 19.6. The second kappa shape index (κ2) is 6.42. The maximum Gasteiger partial charge on any atom is 0.134 e. The number of furan rings is 1. The van der Waals surface area contributed by atoms with E-state index >= 15 is 0 Å². The van der Waals surface area contributed by atoms with Crippen molar-refractivity contribution in [3.63, 3.8) is 0 Å². The highest BCUT2D eigenvalue weighted by Gasteiger charge is 2.22. The van der Waals surface area contributed by atoms with Crippen LogP contribution in [0.4, 0.5) is 0 Å². The van der Waals surface area contributed by atoms with Gasteiger partial charge < -0.3 is 10.2 Å². The monoisotopic (exact) mass is 272 g/mol. The minimum absolute atomic E-state index is 0.223. The molecule has 0 amide bonds. The fraction of sp³-hybridized carbons (Fsp3) is 0.529. The van der Waals surface area contributed by atoms with Crippen molar-refractivity contribution >= 4 is 11.0 Å². The summed E-state index contributed by atoms with van der Waals surface area (Å²) in [5.41, 5.74) is 7.01. The second-order valence-corrected chi connectivity index (χ2v) is 5.74. The van der Waals surface area contributed by atoms with Gasteiger partial charge in [0.25, 0.3) is 0 Å². The van der Waals surface area contributed by atoms with E-state index in [2.05, 4.69) is 23.1 Å². The summed E-state index contributed by atoms with van der Waals surface area (Å²) in [4.78, 5) is 2.51. The molecule has 3 nitrogen and oxygen atoms in total. The van der Waals surface area contributed by atoms with Gasteiger partial charge in [0.2, 0.25) is 0 Å². The lowest BCUT2D eigenvalue weighted by Crippen LogP contribution is -2.35. The summed E-state index contributed by atoms with van der Waals surface area (Å²) >= 11 is 0. The van der Waals surface area contributed by atoms with Gasteiger partial charge in [-0.2, -0.15) is 0 Å². The van der Waals surface area contributed by atoms with Crippen LogP contribution in [-0.4, -0.2) is 24.5 Å². The predicted octanol–water partition coefficient (Wildman–Crippen LogP) is 3.70. The fourth-order valence-corrected chi connectivity index (χ4v) is 3.20. The molecule has 3 heteroatoms. The third-order valence-electron chi connectivity index (χ3n) is 4.33. The minimum atomic E-state index is 0.223. The molecule has 0 bridgehead atoms. The molecule has 2 aromatic rings. The molecule has 20 heavy (non-hydrogen) atoms. The van der Waals surface area contributed by atoms with Gasteiger partial charge in [-0.25, -0.2) is 0 Å². The molecule has 2 N–H and O–H groups in total. The van der Waals surface area contributed by atoms with E-state index < -0.39 is 0 Å². The minimum Gasteiger partial charge on any atom is -0.459 e. The number of likely N-dealkylation sites (tertiary alicyclic amines) is 1. The number of para-hydroxylation sites is 1. The molecule has 1 saturated heterocycles. The van der Waals surface area contributed by atoms with Crippen LogP contribution in [0, 0.1) is 0 Å². The molecule has 0 spiro atoms. The lowest BCUT2D eigenvalue weighted by atomic mass is 10.1. The number of benzene rings is 1. The van der Waals surface area contributed by atoms with Crippen LogP contribution in [0.15, 0.2) is 34.7 Å². The van der Waals surface area contributed by atoms with Gasteiger partial charge in [0, 0.05) is 11.9 Å². The Hall–Kier alpha value is -1.32. The van der Waals surface area contributed by atoms with Gasteiger partial charge in [0.1, 0.15) is 11.3 Å². The Labute approximate surface area is 120 Å². The topological polar surface area (TPSA) is 42.4 Å². The van der Waals surface area contributed by atoms with Crippen molar-refractivity contribution in [2.45, 2.75) is 38.1 Å². The number of hydrogen-bond acceptors (Lipinski definition) is 3. The first-order valence-electron chi connectivity index (χ1n) is 7.81. The smallest absolute Gasteiger partial charge is 0.134 e. The van der Waals surface area contributed by atoms with E-state index in [-0.39, 0.29) is 6.04 Å². The molecule has 1 aromatic carbocycles. The second-order valence-electron chi connectivity index (χ2n) is 5.74. The Kier molecular flexibility index (Phi) is 4.38. The van der Waals surface area contributed by atoms with Gasteiger partial charge in [-0.15, -0.1) is 0 Å². The van der Waals surface area contributed by atoms with Crippen LogP contribution in [0.1, 0.15) is 43.9 Å². The molecule has 1 aliphatic heterocycles. The molecule has 0 saturated carbocycles. The van der Waals surface area contributed by atoms with E-state index in [1.165, 1.54) is 37.5 Å². The molecule has 1 unspecified atom stereocenters. The number of rotatable bonds is 3. The summed E-state index contributed by atoms with van der Waals surface area (Å²) < 4.78 is 6.02. The Balaban J connectivity index is 1.83. The average Bonchev–Trinajstić information content (AvgIpc) is 2.85. The molecule has 0 radical (unpaired) electrons. The van der Waals surface area contributed by atoms with Crippen LogP contribution >= 0.6 is 0 Å². The van der Waals surface area contributed by atoms with Crippen molar-refractivity contribution < 1.29 is 4.42 Å². The quantitative estimate of drug-likeness (QED) is 0.926. The zero-order chi connectivity index (χ0) is 13.8. The Morgan fingerprint density at radius 3 is 2.45 bits per heavy atom. The molecule has 0 aliphatic carbocycles. The molecular weight excluding hydrogens is 248 g/mol. The van der Waals surface area contributed by atoms with Crippen LogP contribution in [0.5, 0.6) is 0 Å². The van der Waals surface area contributed by atoms with E-state index in [4.69, 9.17) is 10.2 Å². The first kappa shape index (κ1) is 13.7. The Morgan fingerprint density at radius 2 is 1.75 bits per heavy atom. The third-order valence-corrected chi connectivity index (χ3v) is 4.33. The van der Waals surface area contributed by atoms with Crippen molar-refractivity contribution in [3.05, 3.63) is 36.1 Å². The van der Waals surface area contributed by atoms with Crippen molar-refractivity contribution in [2.24, 2.45) is 5.73 Å². The van der Waals surface area contributed by atoms with Crippen LogP contribution < -0.4 is 5.73 Å². The number of nitrogens with two attached hydrogens (primary N) is 1. The first-order chi connectivity index (χ1) is 9.88. The van der Waals surface area contributed by atoms with Gasteiger partial charge >= 0.3 is 0 Å². The standard InChI is InChI=1S/C17H24N2O/c18-13-15(19-10-6-2-1-3-7-11-19)17-12-14-8-4-5-9-16(14)20-17/h4-5,8-9,12,15H,1-3,6-7,10-11,13,18H2. The zero-order valence-corrected chi connectivity index (χ0v) is 12.1. The molecule has 108 valence electrons. The van der Waals surface area contributed by atoms with E-state index in [1.54, 1.807) is 0 Å². The molecule has 1 fully saturated rings. The summed E-state index contributed by atoms with van der Waals surface area (Å²) in [5.74, 6) is 1.02. The highest BCUT2D eigenvalue weighted by molar-refractivity contribution is 5.77. The SMILES string of the molecule is NCC(c1cc2ccccc2o1)N1CCCCCCC1. The van der Waals surface area contributed by atoms with Crippen LogP contribution in [0.25, 0.3) is 11.0 Å². The highest BCUT2D eigenvalue weighted by Crippen LogP contribution is 2.28. The summed E-state index contributed by atoms with van der Waals surface area (Å²) in [6.07, 6.45) is 6.61. The first-order valence-corrected chi connectivity index (χ1v) is 7.81. The van der Waals surface area contributed by atoms with Gasteiger partial charge in [-0.1, -0.05) is 37.5 Å². The highest BCUT2D eigenvalue weighted by atomic mass is 16.3. The molecule has 1 aromatic heterocycles. The summed E-state index contributed by atoms with van der Waals surface area (Å²) in [6.45, 7) is 2.90. The molecule has 1 atom stereocenters. The lowest BCUT2D eigenvalue weighted by Gasteiger charge is -2.30. The van der Waals surface area contributed by atoms with E-state index in [1.807, 2.05) is 12.1 Å². The van der Waals surface area contributed by atoms with E-state index in [0.717, 1.165) is 24.4 Å². The van der Waals surface area contributed by atoms with Crippen molar-refractivity contribution in [1.29, 1.82) is 0 Å². The van der Waals surface area contributed by atoms with Crippen molar-refractivity contribution in [2.75, 3.05) is 19.6 Å². The molecule has 1 aliphatic rings. The number of nitrogens with zero attached hydrogens (tertiary/aromatic N) is 1. The van der Waals surface area contributed by atoms with E-state index in [9.17, 15) is 0 Å². The number of hydrogen-bond donors (Lipinski definition) is 1. The van der Waals surface area contributed by atoms with Crippen LogP contribution in [-0.2, 0) is 0 Å². The fourth-order valence-electron chi connectivity index (χ4n) is 3.20. The summed E-state index contributed by atoms with van der Waals surface area (Å²) in [6, 6.07) is 10.6. The van der Waals surface area contributed by atoms with Gasteiger partial charge in [-0.3, -0.25) is 4.90 Å². The summed E-state index contributed by atoms with van der Waals surface area (Å²) in [5, 5.41) is 1.17. The molecule has 2 heterocycles. The van der Waals surface area contributed by atoms with E-state index in [0.29, 0.717) is 6.54 Å². The van der Waals surface area contributed by atoms with Crippen molar-refractivity contribution in [3.8, 4) is 0 Å². The Morgan fingerprint density at radius 1 is 1.05 bits per heavy atom. The van der Waals surface area contributed by atoms with Gasteiger partial charge in [0.15, 0.2) is 0 Å².